The number of ketones is 1. The van der Waals surface area contributed by atoms with E-state index in [4.69, 9.17) is 0 Å². The Morgan fingerprint density at radius 1 is 1.22 bits per heavy atom. The Labute approximate surface area is 140 Å². The fourth-order valence-electron chi connectivity index (χ4n) is 7.03. The summed E-state index contributed by atoms with van der Waals surface area (Å²) in [7, 11) is 0. The molecule has 3 unspecified atom stereocenters. The van der Waals surface area contributed by atoms with E-state index >= 15 is 0 Å². The van der Waals surface area contributed by atoms with Crippen molar-refractivity contribution in [3.63, 3.8) is 0 Å². The molecule has 7 atom stereocenters. The van der Waals surface area contributed by atoms with Gasteiger partial charge in [0, 0.05) is 6.42 Å². The van der Waals surface area contributed by atoms with Crippen molar-refractivity contribution in [3.8, 4) is 0 Å². The number of aliphatic hydroxyl groups excluding tert-OH is 1. The summed E-state index contributed by atoms with van der Waals surface area (Å²) in [5, 5.41) is 10.8. The normalized spacial score (nSPS) is 52.2. The van der Waals surface area contributed by atoms with Gasteiger partial charge in [0.2, 0.25) is 0 Å². The van der Waals surface area contributed by atoms with Gasteiger partial charge in [0.25, 0.3) is 0 Å². The topological polar surface area (TPSA) is 37.3 Å². The molecule has 2 nitrogen and oxygen atoms in total. The van der Waals surface area contributed by atoms with Gasteiger partial charge in [-0.2, -0.15) is 0 Å². The molecular weight excluding hydrogens is 284 g/mol. The summed E-state index contributed by atoms with van der Waals surface area (Å²) in [6.45, 7) is 8.89. The summed E-state index contributed by atoms with van der Waals surface area (Å²) < 4.78 is 0. The van der Waals surface area contributed by atoms with Crippen LogP contribution >= 0.6 is 0 Å². The van der Waals surface area contributed by atoms with Crippen molar-refractivity contribution in [1.82, 2.24) is 0 Å². The van der Waals surface area contributed by atoms with Crippen LogP contribution in [0, 0.1) is 34.5 Å². The van der Waals surface area contributed by atoms with E-state index in [1.165, 1.54) is 25.7 Å². The number of allylic oxidation sites excluding steroid dienone is 1. The van der Waals surface area contributed by atoms with Crippen molar-refractivity contribution in [3.05, 3.63) is 24.3 Å². The van der Waals surface area contributed by atoms with Crippen LogP contribution < -0.4 is 0 Å². The molecule has 0 amide bonds. The summed E-state index contributed by atoms with van der Waals surface area (Å²) >= 11 is 0. The van der Waals surface area contributed by atoms with Crippen LogP contribution in [0.3, 0.4) is 0 Å². The summed E-state index contributed by atoms with van der Waals surface area (Å²) in [5.74, 6) is 2.83. The molecule has 23 heavy (non-hydrogen) atoms. The zero-order valence-corrected chi connectivity index (χ0v) is 14.6. The third-order valence-electron chi connectivity index (χ3n) is 8.33. The highest BCUT2D eigenvalue weighted by molar-refractivity contribution is 5.91. The molecule has 4 aliphatic carbocycles. The first-order chi connectivity index (χ1) is 10.9. The van der Waals surface area contributed by atoms with E-state index in [-0.39, 0.29) is 11.2 Å². The van der Waals surface area contributed by atoms with Gasteiger partial charge in [-0.25, -0.2) is 0 Å². The number of rotatable bonds is 1. The Morgan fingerprint density at radius 2 is 2.00 bits per heavy atom. The van der Waals surface area contributed by atoms with Gasteiger partial charge in [-0.05, 0) is 84.7 Å². The monoisotopic (exact) mass is 314 g/mol. The number of fused-ring (bicyclic) bond motifs is 5. The molecule has 0 aromatic carbocycles. The average molecular weight is 314 g/mol. The predicted molar refractivity (Wildman–Crippen MR) is 91.8 cm³/mol. The van der Waals surface area contributed by atoms with Crippen LogP contribution in [-0.4, -0.2) is 17.0 Å². The molecule has 4 aliphatic rings. The Morgan fingerprint density at radius 3 is 2.74 bits per heavy atom. The van der Waals surface area contributed by atoms with Crippen molar-refractivity contribution in [2.75, 3.05) is 0 Å². The van der Waals surface area contributed by atoms with Crippen LogP contribution in [0.2, 0.25) is 0 Å². The highest BCUT2D eigenvalue weighted by Crippen LogP contribution is 2.66. The second-order valence-corrected chi connectivity index (χ2v) is 9.08. The Bertz CT molecular complexity index is 576. The summed E-state index contributed by atoms with van der Waals surface area (Å²) in [6, 6.07) is 0. The third kappa shape index (κ3) is 2.00. The van der Waals surface area contributed by atoms with E-state index in [2.05, 4.69) is 26.5 Å². The van der Waals surface area contributed by atoms with Gasteiger partial charge in [-0.15, -0.1) is 6.58 Å². The molecule has 0 spiro atoms. The molecule has 3 saturated carbocycles. The molecule has 4 rings (SSSR count). The van der Waals surface area contributed by atoms with Gasteiger partial charge in [0.05, 0.1) is 6.10 Å². The number of aliphatic hydroxyl groups is 1. The van der Waals surface area contributed by atoms with Gasteiger partial charge in [-0.3, -0.25) is 4.79 Å². The fourth-order valence-corrected chi connectivity index (χ4v) is 7.03. The first-order valence-electron chi connectivity index (χ1n) is 9.45. The van der Waals surface area contributed by atoms with Crippen molar-refractivity contribution < 1.29 is 9.90 Å². The Balaban J connectivity index is 1.72. The molecule has 0 radical (unpaired) electrons. The maximum absolute atomic E-state index is 11.9. The first kappa shape index (κ1) is 15.6. The van der Waals surface area contributed by atoms with E-state index in [1.54, 1.807) is 6.08 Å². The van der Waals surface area contributed by atoms with Crippen molar-refractivity contribution in [2.45, 2.75) is 64.9 Å². The second-order valence-electron chi connectivity index (χ2n) is 9.08. The zero-order valence-electron chi connectivity index (χ0n) is 14.6. The van der Waals surface area contributed by atoms with Gasteiger partial charge in [0.15, 0.2) is 5.78 Å². The Hall–Kier alpha value is -0.890. The lowest BCUT2D eigenvalue weighted by molar-refractivity contribution is -0.119. The predicted octanol–water partition coefficient (Wildman–Crippen LogP) is 4.29. The minimum Gasteiger partial charge on any atom is -0.389 e. The number of hydrogen-bond donors (Lipinski definition) is 1. The molecule has 0 aromatic heterocycles. The average Bonchev–Trinajstić information content (AvgIpc) is 2.86. The smallest absolute Gasteiger partial charge is 0.155 e. The van der Waals surface area contributed by atoms with E-state index in [1.807, 2.05) is 0 Å². The molecular formula is C21H30O2. The minimum absolute atomic E-state index is 0.0455. The molecule has 0 aliphatic heterocycles. The van der Waals surface area contributed by atoms with Gasteiger partial charge in [-0.1, -0.05) is 19.9 Å². The van der Waals surface area contributed by atoms with E-state index < -0.39 is 6.10 Å². The summed E-state index contributed by atoms with van der Waals surface area (Å²) in [4.78, 5) is 11.9. The molecule has 0 bridgehead atoms. The lowest BCUT2D eigenvalue weighted by Crippen LogP contribution is -2.53. The molecule has 3 fully saturated rings. The largest absolute Gasteiger partial charge is 0.389 e. The zero-order chi connectivity index (χ0) is 16.4. The molecule has 1 N–H and O–H groups in total. The number of hydrogen-bond acceptors (Lipinski definition) is 2. The Kier molecular flexibility index (Phi) is 3.43. The second kappa shape index (κ2) is 5.05. The van der Waals surface area contributed by atoms with Crippen molar-refractivity contribution in [2.24, 2.45) is 34.5 Å². The van der Waals surface area contributed by atoms with Crippen molar-refractivity contribution >= 4 is 5.78 Å². The van der Waals surface area contributed by atoms with Crippen LogP contribution in [0.25, 0.3) is 0 Å². The van der Waals surface area contributed by atoms with Gasteiger partial charge in [0.1, 0.15) is 0 Å². The maximum atomic E-state index is 11.9. The summed E-state index contributed by atoms with van der Waals surface area (Å²) in [5.41, 5.74) is 1.48. The minimum atomic E-state index is -0.407. The highest BCUT2D eigenvalue weighted by Gasteiger charge is 2.59. The van der Waals surface area contributed by atoms with Crippen LogP contribution in [0.4, 0.5) is 0 Å². The van der Waals surface area contributed by atoms with E-state index in [0.717, 1.165) is 24.3 Å². The number of carbonyl (C=O) groups excluding carboxylic acids is 1. The molecule has 0 heterocycles. The quantitative estimate of drug-likeness (QED) is 0.733. The van der Waals surface area contributed by atoms with Crippen LogP contribution in [0.15, 0.2) is 24.3 Å². The summed E-state index contributed by atoms with van der Waals surface area (Å²) in [6.07, 6.45) is 11.1. The van der Waals surface area contributed by atoms with E-state index in [9.17, 15) is 9.90 Å². The molecule has 126 valence electrons. The first-order valence-corrected chi connectivity index (χ1v) is 9.45. The SMILES string of the molecule is C=C[C@H]1CCC2C3C[C@@H](O)C4=CC(=O)CC[C@]4(C)C3CC[C@@]21C. The standard InChI is InChI=1S/C21H30O2/c1-4-13-5-6-16-15-12-19(23)18-11-14(22)7-9-21(18,3)17(15)8-10-20(13,16)2/h4,11,13,15-17,19,23H,1,5-10,12H2,2-3H3/t13-,15?,16?,17?,19+,20+,21+/m0/s1. The maximum Gasteiger partial charge on any atom is 0.155 e. The third-order valence-corrected chi connectivity index (χ3v) is 8.33. The van der Waals surface area contributed by atoms with Crippen LogP contribution in [0.5, 0.6) is 0 Å². The lowest BCUT2D eigenvalue weighted by Gasteiger charge is -2.59. The fraction of sp³-hybridized carbons (Fsp3) is 0.762. The van der Waals surface area contributed by atoms with Crippen LogP contribution in [0.1, 0.15) is 58.8 Å². The molecule has 0 saturated heterocycles. The number of carbonyl (C=O) groups is 1. The lowest BCUT2D eigenvalue weighted by atomic mass is 9.46. The van der Waals surface area contributed by atoms with E-state index in [0.29, 0.717) is 29.6 Å². The molecule has 0 aromatic rings. The van der Waals surface area contributed by atoms with Crippen LogP contribution in [-0.2, 0) is 4.79 Å². The van der Waals surface area contributed by atoms with Gasteiger partial charge >= 0.3 is 0 Å². The molecule has 2 heteroatoms. The highest BCUT2D eigenvalue weighted by atomic mass is 16.3. The van der Waals surface area contributed by atoms with Crippen molar-refractivity contribution in [1.29, 1.82) is 0 Å². The van der Waals surface area contributed by atoms with Gasteiger partial charge < -0.3 is 5.11 Å².